The van der Waals surface area contributed by atoms with E-state index < -0.39 is 97.3 Å². The number of hydrogen-bond donors (Lipinski definition) is 1. The fourth-order valence-electron chi connectivity index (χ4n) is 0.666. The van der Waals surface area contributed by atoms with Gasteiger partial charge in [-0.05, 0) is 0 Å². The molecular formula is C6HF18N3O12S6Sn. The molecule has 2 radical (unpaired) electrons. The molecule has 1 N–H and O–H groups in total. The molecule has 46 heavy (non-hydrogen) atoms. The molecule has 0 saturated heterocycles. The van der Waals surface area contributed by atoms with E-state index in [0.29, 0.717) is 0 Å². The minimum absolute atomic E-state index is 0. The van der Waals surface area contributed by atoms with Crippen molar-refractivity contribution in [2.45, 2.75) is 33.0 Å². The number of nitrogens with zero attached hydrogens (tertiary/aromatic N) is 2. The fourth-order valence-corrected chi connectivity index (χ4v) is 6.00. The molecule has 0 unspecified atom stereocenters. The number of sulfonamides is 6. The fraction of sp³-hybridized carbons (Fsp3) is 1.00. The van der Waals surface area contributed by atoms with Crippen molar-refractivity contribution in [1.82, 2.24) is 4.13 Å². The summed E-state index contributed by atoms with van der Waals surface area (Å²) in [6.45, 7) is 0. The summed E-state index contributed by atoms with van der Waals surface area (Å²) >= 11 is 0. The third kappa shape index (κ3) is 15.1. The number of halogens is 18. The van der Waals surface area contributed by atoms with Gasteiger partial charge in [-0.25, -0.2) is 50.5 Å². The quantitative estimate of drug-likeness (QED) is 0.297. The number of rotatable bonds is 6. The number of alkyl halides is 18. The predicted molar refractivity (Wildman–Crippen MR) is 105 cm³/mol. The second kappa shape index (κ2) is 14.9. The average molecular weight is 960 g/mol. The Morgan fingerprint density at radius 2 is 0.435 bits per heavy atom. The van der Waals surface area contributed by atoms with E-state index in [0.717, 1.165) is 8.25 Å². The Kier molecular flexibility index (Phi) is 16.9. The van der Waals surface area contributed by atoms with Crippen LogP contribution in [0.25, 0.3) is 8.25 Å². The summed E-state index contributed by atoms with van der Waals surface area (Å²) in [5.41, 5.74) is -37.1. The van der Waals surface area contributed by atoms with Crippen molar-refractivity contribution >= 4 is 84.0 Å². The Hall–Kier alpha value is -0.881. The summed E-state index contributed by atoms with van der Waals surface area (Å²) in [6, 6.07) is 0. The van der Waals surface area contributed by atoms with Gasteiger partial charge in [-0.3, -0.25) is 0 Å². The van der Waals surface area contributed by atoms with Gasteiger partial charge in [0.15, 0.2) is 40.1 Å². The molecule has 0 spiro atoms. The zero-order valence-corrected chi connectivity index (χ0v) is 26.8. The Labute approximate surface area is 258 Å². The van der Waals surface area contributed by atoms with Crippen molar-refractivity contribution in [3.05, 3.63) is 8.25 Å². The molecule has 0 aliphatic heterocycles. The van der Waals surface area contributed by atoms with Crippen LogP contribution >= 0.6 is 0 Å². The maximum atomic E-state index is 11.5. The molecule has 0 fully saturated rings. The van der Waals surface area contributed by atoms with Crippen LogP contribution in [0.15, 0.2) is 0 Å². The van der Waals surface area contributed by atoms with Crippen LogP contribution < -0.4 is 4.13 Å². The SMILES string of the molecule is O=S(=O)(NS(=O)(=O)C(F)(F)F)C(F)(F)F.O=S(=O)([N-]S(=O)(=O)C(F)(F)F)C(F)(F)F.O=S(=O)([N-]S(=O)(=O)C(F)(F)F)C(F)(F)F.[Sn+2]. The first-order valence-corrected chi connectivity index (χ1v) is 16.5. The van der Waals surface area contributed by atoms with E-state index in [-0.39, 0.29) is 23.9 Å². The first kappa shape index (κ1) is 51.9. The largest absolute Gasteiger partial charge is 2.00 e. The van der Waals surface area contributed by atoms with Gasteiger partial charge in [0.2, 0.25) is 0 Å². The second-order valence-corrected chi connectivity index (χ2v) is 16.3. The first-order valence-electron chi connectivity index (χ1n) is 7.76. The third-order valence-corrected chi connectivity index (χ3v) is 10.8. The standard InChI is InChI=1S/C2HF6NO4S2.2C2F6NO4S2.Sn/c3*3-1(4,5)14(10,11)9-15(12,13)2(6,7)8;/h9H;;;/q;2*-1;+2. The molecule has 278 valence electrons. The van der Waals surface area contributed by atoms with Gasteiger partial charge in [0, 0.05) is 0 Å². The van der Waals surface area contributed by atoms with Gasteiger partial charge in [0.05, 0.1) is 0 Å². The van der Waals surface area contributed by atoms with Crippen molar-refractivity contribution in [1.29, 1.82) is 0 Å². The summed E-state index contributed by atoms with van der Waals surface area (Å²) in [4.78, 5) is 0. The predicted octanol–water partition coefficient (Wildman–Crippen LogP) is 2.01. The smallest absolute Gasteiger partial charge is 0.421 e. The van der Waals surface area contributed by atoms with E-state index in [9.17, 15) is 130 Å². The zero-order valence-electron chi connectivity index (χ0n) is 19.0. The zero-order chi connectivity index (χ0) is 38.1. The molecule has 0 aromatic rings. The van der Waals surface area contributed by atoms with Crippen LogP contribution in [-0.2, 0) is 60.1 Å². The minimum atomic E-state index is -6.72. The van der Waals surface area contributed by atoms with Crippen molar-refractivity contribution in [2.24, 2.45) is 0 Å². The number of nitrogens with one attached hydrogen (secondary N) is 1. The molecule has 0 aromatic heterocycles. The third-order valence-electron chi connectivity index (χ3n) is 2.39. The molecule has 0 amide bonds. The molecule has 0 heterocycles. The summed E-state index contributed by atoms with van der Waals surface area (Å²) in [5.74, 6) is 0. The summed E-state index contributed by atoms with van der Waals surface area (Å²) in [7, 11) is -40.1. The van der Waals surface area contributed by atoms with E-state index in [1.165, 1.54) is 0 Å². The van der Waals surface area contributed by atoms with Crippen molar-refractivity contribution in [3.63, 3.8) is 0 Å². The van der Waals surface area contributed by atoms with Crippen molar-refractivity contribution in [3.8, 4) is 0 Å². The molecule has 0 aromatic carbocycles. The van der Waals surface area contributed by atoms with Gasteiger partial charge in [0.25, 0.3) is 0 Å². The monoisotopic (exact) mass is 961 g/mol. The van der Waals surface area contributed by atoms with Gasteiger partial charge in [-0.2, -0.15) is 79.0 Å². The molecule has 15 nitrogen and oxygen atoms in total. The van der Waals surface area contributed by atoms with E-state index in [2.05, 4.69) is 0 Å². The summed E-state index contributed by atoms with van der Waals surface area (Å²) in [5, 5.41) is 0. The van der Waals surface area contributed by atoms with Gasteiger partial charge >= 0.3 is 77.0 Å². The summed E-state index contributed by atoms with van der Waals surface area (Å²) < 4.78 is 327. The van der Waals surface area contributed by atoms with Crippen LogP contribution in [0, 0.1) is 0 Å². The van der Waals surface area contributed by atoms with Crippen LogP contribution in [0.2, 0.25) is 0 Å². The topological polar surface area (TPSA) is 245 Å². The molecule has 0 aliphatic carbocycles. The molecular weight excluding hydrogens is 959 g/mol. The Morgan fingerprint density at radius 1 is 0.304 bits per heavy atom. The molecule has 0 saturated carbocycles. The Bertz CT molecular complexity index is 1370. The van der Waals surface area contributed by atoms with Crippen LogP contribution in [0.3, 0.4) is 0 Å². The van der Waals surface area contributed by atoms with E-state index in [1.807, 2.05) is 0 Å². The minimum Gasteiger partial charge on any atom is -0.421 e. The summed E-state index contributed by atoms with van der Waals surface area (Å²) in [6.07, 6.45) is 0. The van der Waals surface area contributed by atoms with E-state index in [4.69, 9.17) is 0 Å². The molecule has 0 atom stereocenters. The van der Waals surface area contributed by atoms with Gasteiger partial charge in [-0.15, -0.1) is 0 Å². The molecule has 0 bridgehead atoms. The maximum Gasteiger partial charge on any atom is 2.00 e. The number of hydrogen-bond acceptors (Lipinski definition) is 12. The molecule has 40 heteroatoms. The van der Waals surface area contributed by atoms with Crippen LogP contribution in [0.4, 0.5) is 79.0 Å². The van der Waals surface area contributed by atoms with Crippen LogP contribution in [0.1, 0.15) is 0 Å². The first-order chi connectivity index (χ1) is 18.6. The van der Waals surface area contributed by atoms with Crippen molar-refractivity contribution < 1.29 is 130 Å². The van der Waals surface area contributed by atoms with Crippen LogP contribution in [0.5, 0.6) is 0 Å². The van der Waals surface area contributed by atoms with Crippen LogP contribution in [-0.4, -0.2) is 107 Å². The average Bonchev–Trinajstić information content (AvgIpc) is 2.61. The van der Waals surface area contributed by atoms with Gasteiger partial charge in [-0.1, -0.05) is 4.13 Å². The molecule has 0 aliphatic rings. The normalized spacial score (nSPS) is 15.0. The molecule has 0 rings (SSSR count). The van der Waals surface area contributed by atoms with Crippen molar-refractivity contribution in [2.75, 3.05) is 0 Å². The Morgan fingerprint density at radius 3 is 0.522 bits per heavy atom. The van der Waals surface area contributed by atoms with E-state index in [1.54, 1.807) is 0 Å². The van der Waals surface area contributed by atoms with E-state index >= 15 is 0 Å². The Balaban J connectivity index is -0.000000285. The maximum absolute atomic E-state index is 11.5. The second-order valence-electron chi connectivity index (χ2n) is 5.81. The van der Waals surface area contributed by atoms with Gasteiger partial charge < -0.3 is 8.25 Å². The van der Waals surface area contributed by atoms with Gasteiger partial charge in [0.1, 0.15) is 0 Å².